The Hall–Kier alpha value is -0.630. The fourth-order valence-corrected chi connectivity index (χ4v) is 0.635. The van der Waals surface area contributed by atoms with Crippen LogP contribution in [0.15, 0.2) is 16.8 Å². The minimum absolute atomic E-state index is 0.664. The lowest BCUT2D eigenvalue weighted by Crippen LogP contribution is -2.02. The summed E-state index contributed by atoms with van der Waals surface area (Å²) in [4.78, 5) is 3.83. The van der Waals surface area contributed by atoms with Gasteiger partial charge in [-0.2, -0.15) is 0 Å². The van der Waals surface area contributed by atoms with Gasteiger partial charge in [0.05, 0.1) is 0 Å². The van der Waals surface area contributed by atoms with Crippen molar-refractivity contribution in [2.75, 3.05) is 6.54 Å². The highest BCUT2D eigenvalue weighted by Crippen LogP contribution is 2.13. The predicted octanol–water partition coefficient (Wildman–Crippen LogP) is -0.0735. The van der Waals surface area contributed by atoms with Gasteiger partial charge < -0.3 is 5.32 Å². The van der Waals surface area contributed by atoms with Gasteiger partial charge in [-0.1, -0.05) is 0 Å². The molecule has 1 atom stereocenters. The highest BCUT2D eigenvalue weighted by molar-refractivity contribution is 5.86. The van der Waals surface area contributed by atoms with E-state index in [1.807, 2.05) is 12.4 Å². The zero-order valence-corrected chi connectivity index (χ0v) is 3.89. The van der Waals surface area contributed by atoms with Gasteiger partial charge in [-0.05, 0) is 0 Å². The van der Waals surface area contributed by atoms with Crippen LogP contribution in [0, 0.1) is 0 Å². The number of rotatable bonds is 1. The second-order valence-corrected chi connectivity index (χ2v) is 1.87. The van der Waals surface area contributed by atoms with Crippen molar-refractivity contribution in [3.63, 3.8) is 0 Å². The van der Waals surface area contributed by atoms with Crippen LogP contribution in [0.25, 0.3) is 0 Å². The molecule has 0 aromatic rings. The molecule has 2 rings (SSSR count). The van der Waals surface area contributed by atoms with E-state index in [4.69, 9.17) is 0 Å². The van der Waals surface area contributed by atoms with Crippen molar-refractivity contribution in [1.82, 2.24) is 5.32 Å². The third-order valence-corrected chi connectivity index (χ3v) is 1.26. The Labute approximate surface area is 41.9 Å². The van der Waals surface area contributed by atoms with Crippen LogP contribution in [0.3, 0.4) is 0 Å². The molecular formula is C5H6N2. The average Bonchev–Trinajstić information content (AvgIpc) is 2.10. The van der Waals surface area contributed by atoms with Crippen molar-refractivity contribution in [2.45, 2.75) is 6.04 Å². The molecule has 1 fully saturated rings. The SMILES string of the molecule is C1=NC=C1C1CN1. The number of aliphatic imine (C=N–C) groups is 1. The second kappa shape index (κ2) is 0.954. The first-order valence-corrected chi connectivity index (χ1v) is 2.43. The Bertz CT molecular complexity index is 142. The standard InChI is InChI=1S/C5H6N2/c1-4(2-6-1)5-3-7-5/h1-2,5,7H,3H2. The first-order chi connectivity index (χ1) is 3.47. The zero-order chi connectivity index (χ0) is 4.69. The fraction of sp³-hybridized carbons (Fsp3) is 0.400. The zero-order valence-electron chi connectivity index (χ0n) is 3.89. The first kappa shape index (κ1) is 3.38. The van der Waals surface area contributed by atoms with Gasteiger partial charge in [0.25, 0.3) is 0 Å². The topological polar surface area (TPSA) is 34.3 Å². The van der Waals surface area contributed by atoms with Gasteiger partial charge in [0.1, 0.15) is 0 Å². The average molecular weight is 94.1 g/mol. The molecule has 2 nitrogen and oxygen atoms in total. The molecule has 0 bridgehead atoms. The Morgan fingerprint density at radius 3 is 2.71 bits per heavy atom. The normalized spacial score (nSPS) is 34.3. The third-order valence-electron chi connectivity index (χ3n) is 1.26. The Morgan fingerprint density at radius 2 is 2.57 bits per heavy atom. The lowest BCUT2D eigenvalue weighted by molar-refractivity contribution is 1.14. The quantitative estimate of drug-likeness (QED) is 0.453. The van der Waals surface area contributed by atoms with E-state index in [0.717, 1.165) is 6.54 Å². The minimum atomic E-state index is 0.664. The van der Waals surface area contributed by atoms with Gasteiger partial charge in [-0.3, -0.25) is 4.99 Å². The van der Waals surface area contributed by atoms with Crippen LogP contribution in [0.2, 0.25) is 0 Å². The Kier molecular flexibility index (Phi) is 0.461. The van der Waals surface area contributed by atoms with Gasteiger partial charge in [0.15, 0.2) is 0 Å². The Balaban J connectivity index is 2.07. The van der Waals surface area contributed by atoms with E-state index < -0.39 is 0 Å². The van der Waals surface area contributed by atoms with E-state index >= 15 is 0 Å². The van der Waals surface area contributed by atoms with Crippen LogP contribution in [-0.2, 0) is 0 Å². The van der Waals surface area contributed by atoms with Crippen LogP contribution >= 0.6 is 0 Å². The molecule has 2 heteroatoms. The maximum Gasteiger partial charge on any atom is 0.0478 e. The number of nitrogens with zero attached hydrogens (tertiary/aromatic N) is 1. The van der Waals surface area contributed by atoms with E-state index in [1.165, 1.54) is 5.57 Å². The van der Waals surface area contributed by atoms with Crippen LogP contribution in [0.1, 0.15) is 0 Å². The Morgan fingerprint density at radius 1 is 1.86 bits per heavy atom. The molecule has 7 heavy (non-hydrogen) atoms. The van der Waals surface area contributed by atoms with Crippen molar-refractivity contribution in [3.05, 3.63) is 11.8 Å². The molecule has 1 saturated heterocycles. The monoisotopic (exact) mass is 94.1 g/mol. The van der Waals surface area contributed by atoms with Gasteiger partial charge in [0.2, 0.25) is 0 Å². The summed E-state index contributed by atoms with van der Waals surface area (Å²) in [5.74, 6) is 0. The number of nitrogens with one attached hydrogen (secondary N) is 1. The van der Waals surface area contributed by atoms with Crippen LogP contribution in [0.4, 0.5) is 0 Å². The van der Waals surface area contributed by atoms with Gasteiger partial charge >= 0.3 is 0 Å². The van der Waals surface area contributed by atoms with E-state index in [1.54, 1.807) is 0 Å². The van der Waals surface area contributed by atoms with Gasteiger partial charge in [0, 0.05) is 30.6 Å². The smallest absolute Gasteiger partial charge is 0.0478 e. The summed E-state index contributed by atoms with van der Waals surface area (Å²) in [6.07, 6.45) is 3.81. The molecule has 2 heterocycles. The summed E-state index contributed by atoms with van der Waals surface area (Å²) in [5, 5.41) is 3.18. The van der Waals surface area contributed by atoms with Gasteiger partial charge in [-0.15, -0.1) is 0 Å². The molecule has 0 aromatic carbocycles. The summed E-state index contributed by atoms with van der Waals surface area (Å²) < 4.78 is 0. The molecule has 0 aliphatic carbocycles. The first-order valence-electron chi connectivity index (χ1n) is 2.43. The molecule has 2 aliphatic rings. The van der Waals surface area contributed by atoms with Crippen molar-refractivity contribution >= 4 is 6.21 Å². The molecule has 0 radical (unpaired) electrons. The second-order valence-electron chi connectivity index (χ2n) is 1.87. The van der Waals surface area contributed by atoms with E-state index in [2.05, 4.69) is 10.3 Å². The van der Waals surface area contributed by atoms with E-state index in [9.17, 15) is 0 Å². The molecule has 1 unspecified atom stereocenters. The minimum Gasteiger partial charge on any atom is -0.307 e. The van der Waals surface area contributed by atoms with E-state index in [-0.39, 0.29) is 0 Å². The van der Waals surface area contributed by atoms with Crippen molar-refractivity contribution in [1.29, 1.82) is 0 Å². The van der Waals surface area contributed by atoms with Gasteiger partial charge in [-0.25, -0.2) is 0 Å². The molecular weight excluding hydrogens is 88.1 g/mol. The fourth-order valence-electron chi connectivity index (χ4n) is 0.635. The summed E-state index contributed by atoms with van der Waals surface area (Å²) in [6, 6.07) is 0.664. The maximum absolute atomic E-state index is 3.83. The van der Waals surface area contributed by atoms with Crippen molar-refractivity contribution in [2.24, 2.45) is 4.99 Å². The molecule has 2 aliphatic heterocycles. The third kappa shape index (κ3) is 0.399. The number of hydrogen-bond acceptors (Lipinski definition) is 2. The molecule has 0 amide bonds. The van der Waals surface area contributed by atoms with E-state index in [0.29, 0.717) is 6.04 Å². The van der Waals surface area contributed by atoms with Crippen molar-refractivity contribution in [3.8, 4) is 0 Å². The maximum atomic E-state index is 3.83. The highest BCUT2D eigenvalue weighted by Gasteiger charge is 2.25. The summed E-state index contributed by atoms with van der Waals surface area (Å²) >= 11 is 0. The van der Waals surface area contributed by atoms with Crippen LogP contribution in [-0.4, -0.2) is 18.8 Å². The van der Waals surface area contributed by atoms with Crippen LogP contribution < -0.4 is 5.32 Å². The van der Waals surface area contributed by atoms with Crippen LogP contribution in [0.5, 0.6) is 0 Å². The molecule has 0 aromatic heterocycles. The predicted molar refractivity (Wildman–Crippen MR) is 28.4 cm³/mol. The largest absolute Gasteiger partial charge is 0.307 e. The number of hydrogen-bond donors (Lipinski definition) is 1. The summed E-state index contributed by atoms with van der Waals surface area (Å²) in [5.41, 5.74) is 1.36. The molecule has 0 spiro atoms. The summed E-state index contributed by atoms with van der Waals surface area (Å²) in [6.45, 7) is 1.15. The highest BCUT2D eigenvalue weighted by atomic mass is 15.1. The lowest BCUT2D eigenvalue weighted by Gasteiger charge is -1.99. The summed E-state index contributed by atoms with van der Waals surface area (Å²) in [7, 11) is 0. The molecule has 1 N–H and O–H groups in total. The molecule has 0 saturated carbocycles. The van der Waals surface area contributed by atoms with Crippen molar-refractivity contribution < 1.29 is 0 Å². The molecule has 36 valence electrons. The lowest BCUT2D eigenvalue weighted by atomic mass is 10.2.